The highest BCUT2D eigenvalue weighted by Gasteiger charge is 2.55. The van der Waals surface area contributed by atoms with Crippen LogP contribution < -0.4 is 0 Å². The van der Waals surface area contributed by atoms with Crippen LogP contribution in [0, 0.1) is 10.8 Å². The average molecular weight is 309 g/mol. The Morgan fingerprint density at radius 3 is 2.21 bits per heavy atom. The second kappa shape index (κ2) is 4.45. The summed E-state index contributed by atoms with van der Waals surface area (Å²) in [7, 11) is 0. The predicted molar refractivity (Wildman–Crippen MR) is 99.0 cm³/mol. The van der Waals surface area contributed by atoms with Crippen LogP contribution >= 0.6 is 0 Å². The van der Waals surface area contributed by atoms with Crippen LogP contribution in [0.25, 0.3) is 5.57 Å². The summed E-state index contributed by atoms with van der Waals surface area (Å²) in [4.78, 5) is 4.15. The lowest BCUT2D eigenvalue weighted by Gasteiger charge is -2.56. The molecule has 24 heavy (non-hydrogen) atoms. The van der Waals surface area contributed by atoms with Crippen LogP contribution in [0.2, 0.25) is 0 Å². The molecule has 0 amide bonds. The van der Waals surface area contributed by atoms with E-state index >= 15 is 0 Å². The predicted octanol–water partition coefficient (Wildman–Crippen LogP) is 5.35. The summed E-state index contributed by atoms with van der Waals surface area (Å²) >= 11 is 0. The van der Waals surface area contributed by atoms with E-state index in [1.54, 1.807) is 0 Å². The molecule has 2 atom stereocenters. The lowest BCUT2D eigenvalue weighted by atomic mass is 9.46. The summed E-state index contributed by atoms with van der Waals surface area (Å²) < 4.78 is 0. The number of rotatable bonds is 1. The van der Waals surface area contributed by atoms with Gasteiger partial charge in [-0.1, -0.05) is 68.5 Å². The van der Waals surface area contributed by atoms with Gasteiger partial charge in [0.25, 0.3) is 0 Å². The maximum absolute atomic E-state index is 4.15. The Morgan fingerprint density at radius 1 is 0.708 bits per heavy atom. The van der Waals surface area contributed by atoms with Crippen LogP contribution in [0.4, 0.5) is 0 Å². The number of aromatic nitrogens is 1. The Bertz CT molecular complexity index is 963. The van der Waals surface area contributed by atoms with E-state index in [1.165, 1.54) is 33.4 Å². The molecule has 5 rings (SSSR count). The Hall–Kier alpha value is -2.67. The minimum absolute atomic E-state index is 0.00664. The zero-order valence-electron chi connectivity index (χ0n) is 14.0. The molecule has 4 aliphatic carbocycles. The highest BCUT2D eigenvalue weighted by atomic mass is 14.6. The first-order chi connectivity index (χ1) is 11.6. The zero-order valence-corrected chi connectivity index (χ0v) is 14.0. The third-order valence-electron chi connectivity index (χ3n) is 6.38. The van der Waals surface area contributed by atoms with E-state index in [0.29, 0.717) is 0 Å². The molecule has 1 aromatic heterocycles. The van der Waals surface area contributed by atoms with Gasteiger partial charge in [-0.05, 0) is 45.6 Å². The van der Waals surface area contributed by atoms with Gasteiger partial charge in [0.05, 0.1) is 0 Å². The van der Waals surface area contributed by atoms with E-state index in [4.69, 9.17) is 0 Å². The minimum Gasteiger partial charge on any atom is -0.265 e. The molecule has 2 unspecified atom stereocenters. The van der Waals surface area contributed by atoms with E-state index in [9.17, 15) is 0 Å². The average Bonchev–Trinajstić information content (AvgIpc) is 2.61. The van der Waals surface area contributed by atoms with Crippen molar-refractivity contribution in [2.24, 2.45) is 10.8 Å². The van der Waals surface area contributed by atoms with Crippen LogP contribution in [0.3, 0.4) is 0 Å². The summed E-state index contributed by atoms with van der Waals surface area (Å²) in [5.74, 6) is 0. The summed E-state index contributed by atoms with van der Waals surface area (Å²) in [6, 6.07) is 4.16. The van der Waals surface area contributed by atoms with Gasteiger partial charge in [0, 0.05) is 23.2 Å². The smallest absolute Gasteiger partial charge is 0.0309 e. The van der Waals surface area contributed by atoms with Gasteiger partial charge in [-0.3, -0.25) is 4.98 Å². The van der Waals surface area contributed by atoms with Crippen LogP contribution in [0.1, 0.15) is 19.4 Å². The number of hydrogen-bond donors (Lipinski definition) is 0. The van der Waals surface area contributed by atoms with Crippen LogP contribution in [0.5, 0.6) is 0 Å². The Morgan fingerprint density at radius 2 is 1.38 bits per heavy atom. The molecule has 0 spiro atoms. The second-order valence-corrected chi connectivity index (χ2v) is 7.24. The molecular weight excluding hydrogens is 290 g/mol. The highest BCUT2D eigenvalue weighted by molar-refractivity contribution is 5.83. The maximum atomic E-state index is 4.15. The monoisotopic (exact) mass is 309 g/mol. The van der Waals surface area contributed by atoms with Crippen molar-refractivity contribution < 1.29 is 0 Å². The fraction of sp³-hybridized carbons (Fsp3) is 0.174. The van der Waals surface area contributed by atoms with Crippen molar-refractivity contribution in [3.63, 3.8) is 0 Å². The SMILES string of the molecule is CC12C3=CC=CC1=CC=C1C=C(c4ccncc4)C=C(C=C3)C12C. The van der Waals surface area contributed by atoms with Crippen LogP contribution in [-0.4, -0.2) is 4.98 Å². The lowest BCUT2D eigenvalue weighted by molar-refractivity contribution is 0.250. The van der Waals surface area contributed by atoms with Gasteiger partial charge < -0.3 is 0 Å². The lowest BCUT2D eigenvalue weighted by Crippen LogP contribution is -2.47. The van der Waals surface area contributed by atoms with Gasteiger partial charge in [0.1, 0.15) is 0 Å². The number of hydrogen-bond acceptors (Lipinski definition) is 1. The molecule has 4 aliphatic rings. The Labute approximate surface area is 142 Å². The molecule has 1 heteroatoms. The van der Waals surface area contributed by atoms with Gasteiger partial charge >= 0.3 is 0 Å². The van der Waals surface area contributed by atoms with Gasteiger partial charge in [0.2, 0.25) is 0 Å². The van der Waals surface area contributed by atoms with Crippen molar-refractivity contribution in [2.75, 3.05) is 0 Å². The van der Waals surface area contributed by atoms with Crippen molar-refractivity contribution in [3.8, 4) is 0 Å². The van der Waals surface area contributed by atoms with E-state index in [0.717, 1.165) is 0 Å². The standard InChI is InChI=1S/C23H19N/c1-22-18-4-3-5-19(22)7-9-21-15-17(16-10-12-24-13-11-16)14-20(8-6-18)23(21,22)2/h3-15H,1-2H3. The normalized spacial score (nSPS) is 32.2. The van der Waals surface area contributed by atoms with Crippen molar-refractivity contribution in [3.05, 3.63) is 107 Å². The minimum atomic E-state index is -0.0149. The molecule has 0 radical (unpaired) electrons. The molecule has 0 fully saturated rings. The van der Waals surface area contributed by atoms with Crippen LogP contribution in [-0.2, 0) is 0 Å². The number of allylic oxidation sites excluding steroid dienone is 14. The Balaban J connectivity index is 1.80. The molecule has 116 valence electrons. The van der Waals surface area contributed by atoms with E-state index in [2.05, 4.69) is 85.6 Å². The van der Waals surface area contributed by atoms with Crippen molar-refractivity contribution in [2.45, 2.75) is 13.8 Å². The molecule has 0 aromatic carbocycles. The van der Waals surface area contributed by atoms with Gasteiger partial charge in [-0.25, -0.2) is 0 Å². The third-order valence-corrected chi connectivity index (χ3v) is 6.38. The molecule has 0 bridgehead atoms. The van der Waals surface area contributed by atoms with E-state index in [-0.39, 0.29) is 10.8 Å². The largest absolute Gasteiger partial charge is 0.265 e. The van der Waals surface area contributed by atoms with E-state index in [1.807, 2.05) is 12.4 Å². The summed E-state index contributed by atoms with van der Waals surface area (Å²) in [5.41, 5.74) is 8.07. The molecule has 1 aromatic rings. The fourth-order valence-corrected chi connectivity index (χ4v) is 4.69. The van der Waals surface area contributed by atoms with Gasteiger partial charge in [-0.2, -0.15) is 0 Å². The molecule has 1 nitrogen and oxygen atoms in total. The van der Waals surface area contributed by atoms with Gasteiger partial charge in [-0.15, -0.1) is 0 Å². The maximum Gasteiger partial charge on any atom is 0.0309 e. The topological polar surface area (TPSA) is 12.9 Å². The first kappa shape index (κ1) is 13.7. The van der Waals surface area contributed by atoms with E-state index < -0.39 is 0 Å². The van der Waals surface area contributed by atoms with Crippen LogP contribution in [0.15, 0.2) is 102 Å². The first-order valence-electron chi connectivity index (χ1n) is 8.48. The molecular formula is C23H19N. The quantitative estimate of drug-likeness (QED) is 0.681. The molecule has 1 heterocycles. The number of pyridine rings is 1. The highest BCUT2D eigenvalue weighted by Crippen LogP contribution is 2.65. The van der Waals surface area contributed by atoms with Crippen molar-refractivity contribution in [1.82, 2.24) is 4.98 Å². The molecule has 0 saturated heterocycles. The fourth-order valence-electron chi connectivity index (χ4n) is 4.69. The summed E-state index contributed by atoms with van der Waals surface area (Å²) in [6.45, 7) is 4.79. The molecule has 0 N–H and O–H groups in total. The van der Waals surface area contributed by atoms with Gasteiger partial charge in [0.15, 0.2) is 0 Å². The number of nitrogens with zero attached hydrogens (tertiary/aromatic N) is 1. The molecule has 0 saturated carbocycles. The van der Waals surface area contributed by atoms with Crippen molar-refractivity contribution in [1.29, 1.82) is 0 Å². The second-order valence-electron chi connectivity index (χ2n) is 7.24. The third kappa shape index (κ3) is 1.48. The molecule has 0 aliphatic heterocycles. The zero-order chi connectivity index (χ0) is 16.4. The Kier molecular flexibility index (Phi) is 2.55. The van der Waals surface area contributed by atoms with Crippen molar-refractivity contribution >= 4 is 5.57 Å². The summed E-state index contributed by atoms with van der Waals surface area (Å²) in [5, 5.41) is 0. The first-order valence-corrected chi connectivity index (χ1v) is 8.48. The summed E-state index contributed by atoms with van der Waals surface area (Å²) in [6.07, 6.45) is 24.3.